The van der Waals surface area contributed by atoms with Crippen LogP contribution in [0.2, 0.25) is 0 Å². The van der Waals surface area contributed by atoms with Crippen molar-refractivity contribution in [3.8, 4) is 0 Å². The first kappa shape index (κ1) is 14.8. The molecular formula is C14H25N2O2S+. The third-order valence-corrected chi connectivity index (χ3v) is 6.75. The minimum Gasteiger partial charge on any atom is -0.156 e. The van der Waals surface area contributed by atoms with Crippen molar-refractivity contribution >= 4 is 10.2 Å². The average molecular weight is 285 g/mol. The van der Waals surface area contributed by atoms with E-state index in [4.69, 9.17) is 0 Å². The monoisotopic (exact) mass is 285 g/mol. The Morgan fingerprint density at radius 1 is 1.32 bits per heavy atom. The number of allylic oxidation sites excluding steroid dienone is 3. The lowest BCUT2D eigenvalue weighted by molar-refractivity contribution is -0.689. The number of hydrogen-bond acceptors (Lipinski definition) is 2. The van der Waals surface area contributed by atoms with Crippen molar-refractivity contribution in [3.63, 3.8) is 0 Å². The van der Waals surface area contributed by atoms with E-state index in [-0.39, 0.29) is 3.89 Å². The van der Waals surface area contributed by atoms with Gasteiger partial charge in [-0.15, -0.1) is 0 Å². The molecule has 2 rings (SSSR count). The Kier molecular flexibility index (Phi) is 4.18. The van der Waals surface area contributed by atoms with Gasteiger partial charge >= 0.3 is 10.2 Å². The molecule has 0 aromatic rings. The van der Waals surface area contributed by atoms with E-state index < -0.39 is 10.2 Å². The standard InChI is InChI=1S/C14H25N2O2S/c1-4-14-8-11-16(3,13(2)12-14)19(17,18)15-9-6-5-7-10-15/h8,11-12,14H,4-7,9-10H2,1-3H3/q+1. The second-order valence-corrected chi connectivity index (χ2v) is 7.82. The summed E-state index contributed by atoms with van der Waals surface area (Å²) in [7, 11) is -1.57. The van der Waals surface area contributed by atoms with E-state index in [0.717, 1.165) is 31.4 Å². The van der Waals surface area contributed by atoms with Crippen LogP contribution in [0.1, 0.15) is 39.5 Å². The van der Waals surface area contributed by atoms with Crippen LogP contribution < -0.4 is 0 Å². The maximum absolute atomic E-state index is 12.9. The van der Waals surface area contributed by atoms with E-state index in [2.05, 4.69) is 13.0 Å². The Morgan fingerprint density at radius 3 is 2.47 bits per heavy atom. The first-order valence-corrected chi connectivity index (χ1v) is 8.56. The van der Waals surface area contributed by atoms with E-state index in [0.29, 0.717) is 19.0 Å². The SMILES string of the molecule is CCC1C=C[N+](C)(S(=O)(=O)N2CCCCC2)C(C)=C1. The minimum atomic E-state index is -3.35. The zero-order valence-electron chi connectivity index (χ0n) is 12.2. The van der Waals surface area contributed by atoms with Crippen LogP contribution in [0.4, 0.5) is 0 Å². The minimum absolute atomic E-state index is 0.0938. The van der Waals surface area contributed by atoms with Crippen molar-refractivity contribution in [3.05, 3.63) is 24.0 Å². The summed E-state index contributed by atoms with van der Waals surface area (Å²) in [5.41, 5.74) is 0.903. The number of nitrogens with zero attached hydrogens (tertiary/aromatic N) is 2. The molecule has 2 unspecified atom stereocenters. The third kappa shape index (κ3) is 2.51. The Morgan fingerprint density at radius 2 is 1.95 bits per heavy atom. The van der Waals surface area contributed by atoms with Crippen molar-refractivity contribution in [1.29, 1.82) is 0 Å². The molecule has 0 N–H and O–H groups in total. The first-order valence-electron chi connectivity index (χ1n) is 7.16. The van der Waals surface area contributed by atoms with E-state index in [1.54, 1.807) is 11.4 Å². The smallest absolute Gasteiger partial charge is 0.156 e. The quantitative estimate of drug-likeness (QED) is 0.748. The Bertz CT molecular complexity index is 490. The first-order chi connectivity index (χ1) is 8.91. The molecule has 2 heterocycles. The van der Waals surface area contributed by atoms with Crippen molar-refractivity contribution in [1.82, 2.24) is 4.31 Å². The van der Waals surface area contributed by atoms with Gasteiger partial charge in [-0.2, -0.15) is 16.6 Å². The predicted octanol–water partition coefficient (Wildman–Crippen LogP) is 2.62. The fourth-order valence-electron chi connectivity index (χ4n) is 2.75. The van der Waals surface area contributed by atoms with E-state index in [1.165, 1.54) is 0 Å². The molecule has 0 aliphatic carbocycles. The van der Waals surface area contributed by atoms with Crippen molar-refractivity contribution in [2.24, 2.45) is 5.92 Å². The van der Waals surface area contributed by atoms with Crippen molar-refractivity contribution in [2.45, 2.75) is 39.5 Å². The van der Waals surface area contributed by atoms with Crippen molar-refractivity contribution < 1.29 is 12.3 Å². The molecule has 2 atom stereocenters. The van der Waals surface area contributed by atoms with Gasteiger partial charge in [0, 0.05) is 25.9 Å². The summed E-state index contributed by atoms with van der Waals surface area (Å²) < 4.78 is 27.3. The van der Waals surface area contributed by atoms with Crippen LogP contribution in [0.5, 0.6) is 0 Å². The molecule has 0 radical (unpaired) electrons. The van der Waals surface area contributed by atoms with Gasteiger partial charge in [0.05, 0.1) is 7.05 Å². The molecular weight excluding hydrogens is 260 g/mol. The van der Waals surface area contributed by atoms with Crippen LogP contribution in [0.25, 0.3) is 0 Å². The zero-order chi connectivity index (χ0) is 14.1. The van der Waals surface area contributed by atoms with E-state index in [1.807, 2.05) is 19.2 Å². The Hall–Kier alpha value is -0.650. The molecule has 0 bridgehead atoms. The fourth-order valence-corrected chi connectivity index (χ4v) is 4.60. The van der Waals surface area contributed by atoms with Gasteiger partial charge in [0.2, 0.25) is 0 Å². The van der Waals surface area contributed by atoms with Gasteiger partial charge in [-0.1, -0.05) is 13.3 Å². The molecule has 0 amide bonds. The largest absolute Gasteiger partial charge is 0.381 e. The molecule has 108 valence electrons. The topological polar surface area (TPSA) is 37.4 Å². The molecule has 1 saturated heterocycles. The van der Waals surface area contributed by atoms with Gasteiger partial charge in [-0.05, 0) is 31.4 Å². The second-order valence-electron chi connectivity index (χ2n) is 5.65. The highest BCUT2D eigenvalue weighted by atomic mass is 32.2. The van der Waals surface area contributed by atoms with Gasteiger partial charge in [0.1, 0.15) is 11.9 Å². The summed E-state index contributed by atoms with van der Waals surface area (Å²) in [5.74, 6) is 0.364. The highest BCUT2D eigenvalue weighted by Gasteiger charge is 2.44. The molecule has 2 aliphatic rings. The number of piperidine rings is 1. The van der Waals surface area contributed by atoms with Gasteiger partial charge < -0.3 is 0 Å². The summed E-state index contributed by atoms with van der Waals surface area (Å²) in [6.45, 7) is 5.37. The molecule has 0 spiro atoms. The molecule has 4 nitrogen and oxygen atoms in total. The summed E-state index contributed by atoms with van der Waals surface area (Å²) in [6, 6.07) is 0. The predicted molar refractivity (Wildman–Crippen MR) is 77.2 cm³/mol. The lowest BCUT2D eigenvalue weighted by Crippen LogP contribution is -2.53. The van der Waals surface area contributed by atoms with Crippen LogP contribution in [-0.4, -0.2) is 36.7 Å². The van der Waals surface area contributed by atoms with Crippen LogP contribution in [0, 0.1) is 5.92 Å². The van der Waals surface area contributed by atoms with Crippen LogP contribution in [0.3, 0.4) is 0 Å². The zero-order valence-corrected chi connectivity index (χ0v) is 13.0. The maximum Gasteiger partial charge on any atom is 0.381 e. The molecule has 0 aromatic heterocycles. The highest BCUT2D eigenvalue weighted by molar-refractivity contribution is 7.83. The summed E-state index contributed by atoms with van der Waals surface area (Å²) >= 11 is 0. The van der Waals surface area contributed by atoms with E-state index >= 15 is 0 Å². The van der Waals surface area contributed by atoms with Crippen molar-refractivity contribution in [2.75, 3.05) is 20.1 Å². The number of rotatable bonds is 3. The third-order valence-electron chi connectivity index (χ3n) is 4.37. The lowest BCUT2D eigenvalue weighted by Gasteiger charge is -2.37. The molecule has 2 aliphatic heterocycles. The summed E-state index contributed by atoms with van der Waals surface area (Å²) in [5, 5.41) is 0. The molecule has 0 saturated carbocycles. The van der Waals surface area contributed by atoms with Gasteiger partial charge in [0.15, 0.2) is 0 Å². The maximum atomic E-state index is 12.9. The highest BCUT2D eigenvalue weighted by Crippen LogP contribution is 2.32. The number of hydrogen-bond donors (Lipinski definition) is 0. The lowest BCUT2D eigenvalue weighted by atomic mass is 10.0. The fraction of sp³-hybridized carbons (Fsp3) is 0.714. The van der Waals surface area contributed by atoms with E-state index in [9.17, 15) is 8.42 Å². The van der Waals surface area contributed by atoms with Gasteiger partial charge in [0.25, 0.3) is 0 Å². The summed E-state index contributed by atoms with van der Waals surface area (Å²) in [4.78, 5) is 0. The summed E-state index contributed by atoms with van der Waals surface area (Å²) in [6.07, 6.45) is 10.0. The van der Waals surface area contributed by atoms with Crippen LogP contribution in [0.15, 0.2) is 24.0 Å². The molecule has 0 aromatic carbocycles. The number of quaternary nitrogens is 1. The second kappa shape index (κ2) is 5.38. The van der Waals surface area contributed by atoms with Gasteiger partial charge in [-0.25, -0.2) is 0 Å². The van der Waals surface area contributed by atoms with Crippen LogP contribution in [-0.2, 0) is 10.2 Å². The average Bonchev–Trinajstić information content (AvgIpc) is 2.42. The Labute approximate surface area is 117 Å². The molecule has 19 heavy (non-hydrogen) atoms. The molecule has 1 fully saturated rings. The van der Waals surface area contributed by atoms with Gasteiger partial charge in [-0.3, -0.25) is 0 Å². The van der Waals surface area contributed by atoms with Crippen LogP contribution >= 0.6 is 0 Å². The molecule has 5 heteroatoms. The Balaban J connectivity index is 2.31. The normalized spacial score (nSPS) is 33.2.